The van der Waals surface area contributed by atoms with Crippen LogP contribution in [0.25, 0.3) is 11.3 Å². The monoisotopic (exact) mass is 220 g/mol. The molecule has 0 fully saturated rings. The third-order valence-electron chi connectivity index (χ3n) is 2.16. The Kier molecular flexibility index (Phi) is 2.56. The molecule has 1 aromatic carbocycles. The van der Waals surface area contributed by atoms with Gasteiger partial charge in [0.1, 0.15) is 5.69 Å². The molecule has 15 heavy (non-hydrogen) atoms. The Morgan fingerprint density at radius 2 is 1.93 bits per heavy atom. The zero-order chi connectivity index (χ0) is 10.8. The summed E-state index contributed by atoms with van der Waals surface area (Å²) >= 11 is 5.74. The van der Waals surface area contributed by atoms with Crippen molar-refractivity contribution in [2.45, 2.75) is 6.92 Å². The highest BCUT2D eigenvalue weighted by Crippen LogP contribution is 2.19. The molecule has 76 valence electrons. The molecule has 0 amide bonds. The highest BCUT2D eigenvalue weighted by Gasteiger charge is 2.12. The van der Waals surface area contributed by atoms with Crippen LogP contribution in [0.4, 0.5) is 0 Å². The second-order valence-corrected chi connectivity index (χ2v) is 3.58. The first-order valence-electron chi connectivity index (χ1n) is 4.50. The van der Waals surface area contributed by atoms with Crippen LogP contribution < -0.4 is 4.73 Å². The molecule has 2 rings (SSSR count). The Morgan fingerprint density at radius 3 is 2.60 bits per heavy atom. The third-order valence-corrected chi connectivity index (χ3v) is 2.35. The van der Waals surface area contributed by atoms with Crippen molar-refractivity contribution in [3.8, 4) is 11.3 Å². The summed E-state index contributed by atoms with van der Waals surface area (Å²) in [5.74, 6) is 0. The molecule has 0 saturated heterocycles. The first-order valence-corrected chi connectivity index (χ1v) is 4.88. The van der Waals surface area contributed by atoms with E-state index in [1.165, 1.54) is 6.20 Å². The van der Waals surface area contributed by atoms with E-state index in [0.717, 1.165) is 10.3 Å². The fourth-order valence-corrected chi connectivity index (χ4v) is 1.56. The van der Waals surface area contributed by atoms with E-state index in [4.69, 9.17) is 11.6 Å². The second kappa shape index (κ2) is 3.87. The lowest BCUT2D eigenvalue weighted by Gasteiger charge is -2.06. The summed E-state index contributed by atoms with van der Waals surface area (Å²) in [6.07, 6.45) is 1.25. The van der Waals surface area contributed by atoms with E-state index >= 15 is 0 Å². The van der Waals surface area contributed by atoms with Gasteiger partial charge in [-0.15, -0.1) is 0 Å². The van der Waals surface area contributed by atoms with Crippen molar-refractivity contribution in [2.75, 3.05) is 0 Å². The standard InChI is InChI=1S/C11H9ClN2O/c1-8-11(9-5-3-2-4-6-9)13-10(12)7-14(8)15/h2-7H,1H3. The minimum absolute atomic E-state index is 0.203. The van der Waals surface area contributed by atoms with Gasteiger partial charge >= 0.3 is 0 Å². The summed E-state index contributed by atoms with van der Waals surface area (Å²) in [4.78, 5) is 4.15. The fraction of sp³-hybridized carbons (Fsp3) is 0.0909. The molecule has 0 atom stereocenters. The summed E-state index contributed by atoms with van der Waals surface area (Å²) in [6.45, 7) is 1.72. The normalized spacial score (nSPS) is 10.3. The first kappa shape index (κ1) is 9.93. The van der Waals surface area contributed by atoms with Crippen LogP contribution in [0.2, 0.25) is 5.15 Å². The molecule has 0 unspecified atom stereocenters. The zero-order valence-electron chi connectivity index (χ0n) is 8.14. The molecule has 1 aromatic heterocycles. The van der Waals surface area contributed by atoms with Crippen molar-refractivity contribution in [1.82, 2.24) is 4.98 Å². The van der Waals surface area contributed by atoms with Crippen molar-refractivity contribution in [3.63, 3.8) is 0 Å². The summed E-state index contributed by atoms with van der Waals surface area (Å²) in [7, 11) is 0. The van der Waals surface area contributed by atoms with Crippen LogP contribution in [-0.2, 0) is 0 Å². The van der Waals surface area contributed by atoms with E-state index < -0.39 is 0 Å². The van der Waals surface area contributed by atoms with Crippen LogP contribution >= 0.6 is 11.6 Å². The van der Waals surface area contributed by atoms with Crippen molar-refractivity contribution >= 4 is 11.6 Å². The Bertz CT molecular complexity index is 485. The van der Waals surface area contributed by atoms with Crippen LogP contribution in [0.5, 0.6) is 0 Å². The lowest BCUT2D eigenvalue weighted by molar-refractivity contribution is -0.612. The maximum Gasteiger partial charge on any atom is 0.218 e. The van der Waals surface area contributed by atoms with Crippen LogP contribution in [0, 0.1) is 12.1 Å². The molecule has 1 heterocycles. The average molecular weight is 221 g/mol. The number of hydrogen-bond acceptors (Lipinski definition) is 2. The van der Waals surface area contributed by atoms with Gasteiger partial charge in [0, 0.05) is 12.5 Å². The molecule has 0 radical (unpaired) electrons. The third kappa shape index (κ3) is 1.92. The van der Waals surface area contributed by atoms with Crippen molar-refractivity contribution in [1.29, 1.82) is 0 Å². The van der Waals surface area contributed by atoms with Gasteiger partial charge in [-0.25, -0.2) is 4.98 Å². The number of nitrogens with zero attached hydrogens (tertiary/aromatic N) is 2. The highest BCUT2D eigenvalue weighted by atomic mass is 35.5. The molecular weight excluding hydrogens is 212 g/mol. The Balaban J connectivity index is 2.63. The summed E-state index contributed by atoms with van der Waals surface area (Å²) in [5.41, 5.74) is 2.06. The van der Waals surface area contributed by atoms with Crippen LogP contribution in [0.15, 0.2) is 36.5 Å². The molecule has 0 aliphatic heterocycles. The minimum Gasteiger partial charge on any atom is -0.618 e. The van der Waals surface area contributed by atoms with Crippen molar-refractivity contribution < 1.29 is 4.73 Å². The van der Waals surface area contributed by atoms with Gasteiger partial charge in [-0.3, -0.25) is 0 Å². The Labute approximate surface area is 92.6 Å². The quantitative estimate of drug-likeness (QED) is 0.547. The highest BCUT2D eigenvalue weighted by molar-refractivity contribution is 6.29. The number of benzene rings is 1. The summed E-state index contributed by atoms with van der Waals surface area (Å²) in [6, 6.07) is 9.49. The fourth-order valence-electron chi connectivity index (χ4n) is 1.38. The van der Waals surface area contributed by atoms with Crippen molar-refractivity contribution in [2.24, 2.45) is 0 Å². The van der Waals surface area contributed by atoms with Gasteiger partial charge in [0.05, 0.1) is 0 Å². The molecule has 0 spiro atoms. The summed E-state index contributed by atoms with van der Waals surface area (Å²) in [5, 5.41) is 11.6. The van der Waals surface area contributed by atoms with E-state index in [2.05, 4.69) is 4.98 Å². The Hall–Kier alpha value is -1.61. The van der Waals surface area contributed by atoms with E-state index in [9.17, 15) is 5.21 Å². The van der Waals surface area contributed by atoms with Crippen molar-refractivity contribution in [3.05, 3.63) is 52.6 Å². The molecular formula is C11H9ClN2O. The van der Waals surface area contributed by atoms with Gasteiger partial charge < -0.3 is 5.21 Å². The molecule has 2 aromatic rings. The van der Waals surface area contributed by atoms with Gasteiger partial charge in [-0.2, -0.15) is 4.73 Å². The van der Waals surface area contributed by atoms with Crippen LogP contribution in [-0.4, -0.2) is 4.98 Å². The number of aromatic nitrogens is 2. The number of rotatable bonds is 1. The van der Waals surface area contributed by atoms with Gasteiger partial charge in [0.15, 0.2) is 5.15 Å². The van der Waals surface area contributed by atoms with E-state index in [-0.39, 0.29) is 5.15 Å². The summed E-state index contributed by atoms with van der Waals surface area (Å²) < 4.78 is 0.734. The molecule has 4 heteroatoms. The first-order chi connectivity index (χ1) is 7.18. The van der Waals surface area contributed by atoms with Gasteiger partial charge in [-0.1, -0.05) is 41.9 Å². The predicted molar refractivity (Wildman–Crippen MR) is 58.4 cm³/mol. The molecule has 0 aliphatic rings. The van der Waals surface area contributed by atoms with Gasteiger partial charge in [0.25, 0.3) is 0 Å². The van der Waals surface area contributed by atoms with E-state index in [1.54, 1.807) is 6.92 Å². The SMILES string of the molecule is Cc1c(-c2ccccc2)nc(Cl)c[n+]1[O-]. The predicted octanol–water partition coefficient (Wildman–Crippen LogP) is 2.34. The smallest absolute Gasteiger partial charge is 0.218 e. The van der Waals surface area contributed by atoms with E-state index in [0.29, 0.717) is 11.4 Å². The van der Waals surface area contributed by atoms with Crippen LogP contribution in [0.1, 0.15) is 5.69 Å². The number of hydrogen-bond donors (Lipinski definition) is 0. The maximum atomic E-state index is 11.4. The number of halogens is 1. The maximum absolute atomic E-state index is 11.4. The molecule has 0 saturated carbocycles. The molecule has 0 N–H and O–H groups in total. The van der Waals surface area contributed by atoms with Gasteiger partial charge in [0.2, 0.25) is 11.9 Å². The largest absolute Gasteiger partial charge is 0.618 e. The van der Waals surface area contributed by atoms with Gasteiger partial charge in [-0.05, 0) is 0 Å². The van der Waals surface area contributed by atoms with Crippen LogP contribution in [0.3, 0.4) is 0 Å². The zero-order valence-corrected chi connectivity index (χ0v) is 8.90. The average Bonchev–Trinajstić information content (AvgIpc) is 2.24. The molecule has 0 aliphatic carbocycles. The molecule has 3 nitrogen and oxygen atoms in total. The lowest BCUT2D eigenvalue weighted by atomic mass is 10.1. The Morgan fingerprint density at radius 1 is 1.27 bits per heavy atom. The van der Waals surface area contributed by atoms with E-state index in [1.807, 2.05) is 30.3 Å². The second-order valence-electron chi connectivity index (χ2n) is 3.19. The lowest BCUT2D eigenvalue weighted by Crippen LogP contribution is -2.30. The minimum atomic E-state index is 0.203. The topological polar surface area (TPSA) is 39.8 Å². The molecule has 0 bridgehead atoms.